The van der Waals surface area contributed by atoms with E-state index in [0.29, 0.717) is 12.0 Å². The summed E-state index contributed by atoms with van der Waals surface area (Å²) in [6.07, 6.45) is 5.90. The van der Waals surface area contributed by atoms with Gasteiger partial charge in [0.25, 0.3) is 0 Å². The van der Waals surface area contributed by atoms with Gasteiger partial charge in [-0.15, -0.1) is 0 Å². The molecule has 1 saturated carbocycles. The molecule has 2 heteroatoms. The Morgan fingerprint density at radius 2 is 2.06 bits per heavy atom. The first-order valence-corrected chi connectivity index (χ1v) is 7.01. The first-order valence-electron chi connectivity index (χ1n) is 7.01. The summed E-state index contributed by atoms with van der Waals surface area (Å²) >= 11 is 0. The van der Waals surface area contributed by atoms with Crippen molar-refractivity contribution in [2.24, 2.45) is 17.8 Å². The lowest BCUT2D eigenvalue weighted by atomic mass is 9.93. The van der Waals surface area contributed by atoms with Crippen LogP contribution in [0.3, 0.4) is 0 Å². The first kappa shape index (κ1) is 12.4. The molecule has 1 heterocycles. The lowest BCUT2D eigenvalue weighted by molar-refractivity contribution is 0.0534. The van der Waals surface area contributed by atoms with E-state index in [1.54, 1.807) is 0 Å². The van der Waals surface area contributed by atoms with Crippen molar-refractivity contribution in [3.05, 3.63) is 0 Å². The maximum Gasteiger partial charge on any atom is 0.0639 e. The summed E-state index contributed by atoms with van der Waals surface area (Å²) in [5, 5.41) is 3.76. The SMILES string of the molecule is CC1CCC(NCC2CCOC2C(C)C)C1. The molecule has 2 rings (SSSR count). The smallest absolute Gasteiger partial charge is 0.0639 e. The van der Waals surface area contributed by atoms with Gasteiger partial charge in [-0.05, 0) is 43.4 Å². The molecule has 2 nitrogen and oxygen atoms in total. The Kier molecular flexibility index (Phi) is 4.26. The van der Waals surface area contributed by atoms with Gasteiger partial charge in [0, 0.05) is 19.2 Å². The average molecular weight is 225 g/mol. The van der Waals surface area contributed by atoms with Crippen LogP contribution in [0.25, 0.3) is 0 Å². The van der Waals surface area contributed by atoms with Gasteiger partial charge in [-0.25, -0.2) is 0 Å². The van der Waals surface area contributed by atoms with Gasteiger partial charge in [0.05, 0.1) is 6.10 Å². The number of hydrogen-bond donors (Lipinski definition) is 1. The van der Waals surface area contributed by atoms with Crippen LogP contribution in [-0.4, -0.2) is 25.3 Å². The van der Waals surface area contributed by atoms with Crippen molar-refractivity contribution in [2.45, 2.75) is 58.6 Å². The molecule has 0 spiro atoms. The van der Waals surface area contributed by atoms with Gasteiger partial charge in [0.15, 0.2) is 0 Å². The fraction of sp³-hybridized carbons (Fsp3) is 1.00. The Hall–Kier alpha value is -0.0800. The predicted octanol–water partition coefficient (Wildman–Crippen LogP) is 2.83. The molecular weight excluding hydrogens is 198 g/mol. The van der Waals surface area contributed by atoms with Crippen LogP contribution in [0.15, 0.2) is 0 Å². The van der Waals surface area contributed by atoms with Crippen LogP contribution in [0, 0.1) is 17.8 Å². The maximum atomic E-state index is 5.82. The molecule has 0 aromatic rings. The van der Waals surface area contributed by atoms with Crippen molar-refractivity contribution in [2.75, 3.05) is 13.2 Å². The van der Waals surface area contributed by atoms with Crippen molar-refractivity contribution in [1.29, 1.82) is 0 Å². The molecule has 0 radical (unpaired) electrons. The average Bonchev–Trinajstić information content (AvgIpc) is 2.83. The van der Waals surface area contributed by atoms with Gasteiger partial charge >= 0.3 is 0 Å². The second kappa shape index (κ2) is 5.50. The van der Waals surface area contributed by atoms with Gasteiger partial charge in [0.1, 0.15) is 0 Å². The van der Waals surface area contributed by atoms with E-state index in [4.69, 9.17) is 4.74 Å². The van der Waals surface area contributed by atoms with E-state index in [9.17, 15) is 0 Å². The van der Waals surface area contributed by atoms with Crippen LogP contribution < -0.4 is 5.32 Å². The van der Waals surface area contributed by atoms with E-state index in [0.717, 1.165) is 24.5 Å². The van der Waals surface area contributed by atoms with Gasteiger partial charge in [-0.1, -0.05) is 20.8 Å². The fourth-order valence-electron chi connectivity index (χ4n) is 3.32. The third-order valence-electron chi connectivity index (χ3n) is 4.28. The van der Waals surface area contributed by atoms with Crippen molar-refractivity contribution in [3.63, 3.8) is 0 Å². The molecule has 16 heavy (non-hydrogen) atoms. The molecule has 4 unspecified atom stereocenters. The van der Waals surface area contributed by atoms with Gasteiger partial charge in [-0.2, -0.15) is 0 Å². The van der Waals surface area contributed by atoms with Gasteiger partial charge in [0.2, 0.25) is 0 Å². The summed E-state index contributed by atoms with van der Waals surface area (Å²) in [7, 11) is 0. The zero-order chi connectivity index (χ0) is 11.5. The standard InChI is InChI=1S/C14H27NO/c1-10(2)14-12(6-7-16-14)9-15-13-5-4-11(3)8-13/h10-15H,4-9H2,1-3H3. The van der Waals surface area contributed by atoms with Gasteiger partial charge in [-0.3, -0.25) is 0 Å². The Balaban J connectivity index is 1.73. The highest BCUT2D eigenvalue weighted by atomic mass is 16.5. The molecule has 0 bridgehead atoms. The number of ether oxygens (including phenoxy) is 1. The van der Waals surface area contributed by atoms with Crippen LogP contribution in [0.5, 0.6) is 0 Å². The van der Waals surface area contributed by atoms with Crippen LogP contribution >= 0.6 is 0 Å². The number of rotatable bonds is 4. The Morgan fingerprint density at radius 3 is 2.69 bits per heavy atom. The third-order valence-corrected chi connectivity index (χ3v) is 4.28. The van der Waals surface area contributed by atoms with E-state index < -0.39 is 0 Å². The van der Waals surface area contributed by atoms with E-state index in [-0.39, 0.29) is 0 Å². The minimum atomic E-state index is 0.492. The molecule has 0 amide bonds. The lowest BCUT2D eigenvalue weighted by Gasteiger charge is -2.24. The van der Waals surface area contributed by atoms with E-state index in [1.165, 1.54) is 32.2 Å². The second-order valence-electron chi connectivity index (χ2n) is 6.15. The summed E-state index contributed by atoms with van der Waals surface area (Å²) in [6, 6.07) is 0.781. The molecule has 94 valence electrons. The molecule has 2 aliphatic rings. The molecule has 1 aliphatic carbocycles. The Labute approximate surface area is 100 Å². The van der Waals surface area contributed by atoms with Crippen LogP contribution in [0.2, 0.25) is 0 Å². The second-order valence-corrected chi connectivity index (χ2v) is 6.15. The van der Waals surface area contributed by atoms with Crippen LogP contribution in [0.1, 0.15) is 46.5 Å². The third kappa shape index (κ3) is 2.98. The first-order chi connectivity index (χ1) is 7.66. The van der Waals surface area contributed by atoms with Crippen LogP contribution in [-0.2, 0) is 4.74 Å². The zero-order valence-corrected chi connectivity index (χ0v) is 11.0. The maximum absolute atomic E-state index is 5.82. The minimum Gasteiger partial charge on any atom is -0.378 e. The summed E-state index contributed by atoms with van der Waals surface area (Å²) < 4.78 is 5.82. The van der Waals surface area contributed by atoms with Crippen molar-refractivity contribution in [3.8, 4) is 0 Å². The number of nitrogens with one attached hydrogen (secondary N) is 1. The highest BCUT2D eigenvalue weighted by Gasteiger charge is 2.31. The normalized spacial score (nSPS) is 39.8. The van der Waals surface area contributed by atoms with Gasteiger partial charge < -0.3 is 10.1 Å². The summed E-state index contributed by atoms with van der Waals surface area (Å²) in [6.45, 7) is 9.06. The van der Waals surface area contributed by atoms with E-state index in [1.807, 2.05) is 0 Å². The Bertz CT molecular complexity index is 217. The summed E-state index contributed by atoms with van der Waals surface area (Å²) in [5.74, 6) is 2.34. The van der Waals surface area contributed by atoms with E-state index in [2.05, 4.69) is 26.1 Å². The quantitative estimate of drug-likeness (QED) is 0.794. The summed E-state index contributed by atoms with van der Waals surface area (Å²) in [4.78, 5) is 0. The summed E-state index contributed by atoms with van der Waals surface area (Å²) in [5.41, 5.74) is 0. The minimum absolute atomic E-state index is 0.492. The lowest BCUT2D eigenvalue weighted by Crippen LogP contribution is -2.36. The molecule has 2 fully saturated rings. The van der Waals surface area contributed by atoms with Crippen molar-refractivity contribution >= 4 is 0 Å². The molecule has 1 N–H and O–H groups in total. The largest absolute Gasteiger partial charge is 0.378 e. The fourth-order valence-corrected chi connectivity index (χ4v) is 3.32. The predicted molar refractivity (Wildman–Crippen MR) is 67.5 cm³/mol. The zero-order valence-electron chi connectivity index (χ0n) is 11.0. The molecular formula is C14H27NO. The monoisotopic (exact) mass is 225 g/mol. The van der Waals surface area contributed by atoms with Crippen molar-refractivity contribution < 1.29 is 4.74 Å². The highest BCUT2D eigenvalue weighted by Crippen LogP contribution is 2.28. The Morgan fingerprint density at radius 1 is 1.25 bits per heavy atom. The van der Waals surface area contributed by atoms with E-state index >= 15 is 0 Å². The molecule has 1 aliphatic heterocycles. The van der Waals surface area contributed by atoms with Crippen molar-refractivity contribution in [1.82, 2.24) is 5.32 Å². The topological polar surface area (TPSA) is 21.3 Å². The molecule has 0 aromatic heterocycles. The molecule has 4 atom stereocenters. The highest BCUT2D eigenvalue weighted by molar-refractivity contribution is 4.84. The molecule has 1 saturated heterocycles. The number of hydrogen-bond acceptors (Lipinski definition) is 2. The van der Waals surface area contributed by atoms with Crippen LogP contribution in [0.4, 0.5) is 0 Å². The molecule has 0 aromatic carbocycles.